The zero-order valence-electron chi connectivity index (χ0n) is 29.0. The molecule has 52 heavy (non-hydrogen) atoms. The molecule has 10 rings (SSSR count). The summed E-state index contributed by atoms with van der Waals surface area (Å²) in [4.78, 5) is 3.71. The van der Waals surface area contributed by atoms with Gasteiger partial charge in [0.1, 0.15) is 0 Å². The first-order valence-electron chi connectivity index (χ1n) is 18.2. The lowest BCUT2D eigenvalue weighted by Crippen LogP contribution is -2.02. The summed E-state index contributed by atoms with van der Waals surface area (Å²) in [6.45, 7) is 2.32. The first-order chi connectivity index (χ1) is 25.7. The van der Waals surface area contributed by atoms with E-state index in [9.17, 15) is 0 Å². The Hall–Kier alpha value is -6.58. The normalized spacial score (nSPS) is 14.4. The van der Waals surface area contributed by atoms with Gasteiger partial charge in [0, 0.05) is 55.2 Å². The molecule has 2 N–H and O–H groups in total. The molecule has 1 atom stereocenters. The van der Waals surface area contributed by atoms with Crippen LogP contribution in [0.3, 0.4) is 0 Å². The van der Waals surface area contributed by atoms with Crippen LogP contribution in [-0.2, 0) is 0 Å². The highest BCUT2D eigenvalue weighted by Crippen LogP contribution is 2.41. The predicted octanol–water partition coefficient (Wildman–Crippen LogP) is 13.5. The number of hydrogen-bond donors (Lipinski definition) is 2. The van der Waals surface area contributed by atoms with Crippen LogP contribution in [0.4, 0.5) is 11.4 Å². The van der Waals surface area contributed by atoms with Crippen LogP contribution >= 0.6 is 0 Å². The van der Waals surface area contributed by atoms with Crippen LogP contribution in [0.15, 0.2) is 176 Å². The lowest BCUT2D eigenvalue weighted by atomic mass is 9.88. The number of H-pyrrole nitrogens is 1. The molecule has 0 spiro atoms. The summed E-state index contributed by atoms with van der Waals surface area (Å²) >= 11 is 0. The third kappa shape index (κ3) is 5.13. The number of aromatic nitrogens is 2. The van der Waals surface area contributed by atoms with Gasteiger partial charge >= 0.3 is 0 Å². The second-order valence-electron chi connectivity index (χ2n) is 14.0. The standard InChI is InChI=1S/C49H37N3/c1-32-13-8-9-20-39(32)36-16-12-19-38(27-36)52-48-26-24-35(29-43(48)44-30-42-40-21-10-11-22-45(40)51-47(42)31-49(44)52)34-23-25-46(50-37-17-6-3-7-18-37)41(28-34)33-14-4-2-5-15-33/h2-12,14-32,50-51H,13H2,1H3. The molecule has 3 heteroatoms. The SMILES string of the molecule is CC1CC=CC=C1c1cccc(-n2c3ccc(-c4ccc(Nc5ccccc5)c(-c5ccccc5)c4)cc3c3cc4c(cc32)[nH]c2ccccc24)c1. The van der Waals surface area contributed by atoms with Gasteiger partial charge in [0.2, 0.25) is 0 Å². The first kappa shape index (κ1) is 30.3. The molecule has 0 amide bonds. The van der Waals surface area contributed by atoms with Gasteiger partial charge in [-0.15, -0.1) is 0 Å². The molecule has 0 aliphatic heterocycles. The van der Waals surface area contributed by atoms with Crippen molar-refractivity contribution in [3.8, 4) is 27.9 Å². The van der Waals surface area contributed by atoms with E-state index in [-0.39, 0.29) is 0 Å². The van der Waals surface area contributed by atoms with E-state index in [0.29, 0.717) is 5.92 Å². The number of para-hydroxylation sites is 2. The van der Waals surface area contributed by atoms with Crippen molar-refractivity contribution < 1.29 is 0 Å². The fraction of sp³-hybridized carbons (Fsp3) is 0.0612. The molecule has 248 valence electrons. The lowest BCUT2D eigenvalue weighted by Gasteiger charge is -2.19. The van der Waals surface area contributed by atoms with Crippen molar-refractivity contribution in [3.63, 3.8) is 0 Å². The smallest absolute Gasteiger partial charge is 0.0562 e. The van der Waals surface area contributed by atoms with E-state index in [0.717, 1.165) is 28.8 Å². The number of benzene rings is 7. The van der Waals surface area contributed by atoms with Gasteiger partial charge in [0.05, 0.1) is 11.0 Å². The van der Waals surface area contributed by atoms with Gasteiger partial charge in [-0.3, -0.25) is 0 Å². The molecule has 1 aliphatic carbocycles. The largest absolute Gasteiger partial charge is 0.355 e. The molecule has 2 aromatic heterocycles. The molecule has 0 radical (unpaired) electrons. The van der Waals surface area contributed by atoms with Crippen molar-refractivity contribution in [1.82, 2.24) is 9.55 Å². The number of hydrogen-bond acceptors (Lipinski definition) is 1. The van der Waals surface area contributed by atoms with Gasteiger partial charge in [0.25, 0.3) is 0 Å². The average Bonchev–Trinajstić information content (AvgIpc) is 3.72. The van der Waals surface area contributed by atoms with Crippen molar-refractivity contribution in [2.75, 3.05) is 5.32 Å². The highest BCUT2D eigenvalue weighted by molar-refractivity contribution is 6.18. The highest BCUT2D eigenvalue weighted by Gasteiger charge is 2.19. The second kappa shape index (κ2) is 12.3. The van der Waals surface area contributed by atoms with Crippen LogP contribution in [0, 0.1) is 5.92 Å². The Morgan fingerprint density at radius 1 is 0.558 bits per heavy atom. The molecule has 1 unspecified atom stereocenters. The van der Waals surface area contributed by atoms with E-state index >= 15 is 0 Å². The zero-order valence-corrected chi connectivity index (χ0v) is 29.0. The van der Waals surface area contributed by atoms with E-state index in [2.05, 4.69) is 192 Å². The molecular weight excluding hydrogens is 631 g/mol. The second-order valence-corrected chi connectivity index (χ2v) is 14.0. The number of aromatic amines is 1. The molecule has 3 nitrogen and oxygen atoms in total. The Kier molecular flexibility index (Phi) is 7.17. The molecular formula is C49H37N3. The van der Waals surface area contributed by atoms with E-state index in [4.69, 9.17) is 0 Å². The summed E-state index contributed by atoms with van der Waals surface area (Å²) < 4.78 is 2.45. The van der Waals surface area contributed by atoms with E-state index in [1.54, 1.807) is 0 Å². The van der Waals surface area contributed by atoms with Crippen LogP contribution in [0.5, 0.6) is 0 Å². The highest BCUT2D eigenvalue weighted by atomic mass is 15.0. The number of rotatable bonds is 6. The summed E-state index contributed by atoms with van der Waals surface area (Å²) in [6.07, 6.45) is 7.82. The summed E-state index contributed by atoms with van der Waals surface area (Å²) in [5, 5.41) is 8.66. The predicted molar refractivity (Wildman–Crippen MR) is 222 cm³/mol. The van der Waals surface area contributed by atoms with Crippen molar-refractivity contribution in [1.29, 1.82) is 0 Å². The summed E-state index contributed by atoms with van der Waals surface area (Å²) in [5.41, 5.74) is 15.4. The number of fused-ring (bicyclic) bond motifs is 6. The van der Waals surface area contributed by atoms with Gasteiger partial charge in [-0.2, -0.15) is 0 Å². The maximum atomic E-state index is 3.71. The Bertz CT molecular complexity index is 2850. The maximum Gasteiger partial charge on any atom is 0.0562 e. The van der Waals surface area contributed by atoms with E-state index in [1.165, 1.54) is 71.7 Å². The van der Waals surface area contributed by atoms with Gasteiger partial charge in [-0.1, -0.05) is 116 Å². The molecule has 0 fully saturated rings. The summed E-state index contributed by atoms with van der Waals surface area (Å²) in [5.74, 6) is 0.488. The Labute approximate surface area is 303 Å². The fourth-order valence-electron chi connectivity index (χ4n) is 8.14. The lowest BCUT2D eigenvalue weighted by molar-refractivity contribution is 0.758. The van der Waals surface area contributed by atoms with Gasteiger partial charge in [-0.25, -0.2) is 0 Å². The quantitative estimate of drug-likeness (QED) is 0.182. The average molecular weight is 668 g/mol. The summed E-state index contributed by atoms with van der Waals surface area (Å²) in [7, 11) is 0. The van der Waals surface area contributed by atoms with E-state index < -0.39 is 0 Å². The Balaban J connectivity index is 1.18. The van der Waals surface area contributed by atoms with Crippen LogP contribution in [0.25, 0.3) is 77.1 Å². The van der Waals surface area contributed by atoms with Crippen molar-refractivity contribution in [3.05, 3.63) is 182 Å². The minimum absolute atomic E-state index is 0.488. The van der Waals surface area contributed by atoms with Crippen molar-refractivity contribution >= 4 is 60.6 Å². The van der Waals surface area contributed by atoms with Crippen molar-refractivity contribution in [2.45, 2.75) is 13.3 Å². The monoisotopic (exact) mass is 667 g/mol. The number of nitrogens with zero attached hydrogens (tertiary/aromatic N) is 1. The molecule has 0 saturated heterocycles. The number of anilines is 2. The Morgan fingerprint density at radius 2 is 1.31 bits per heavy atom. The first-order valence-corrected chi connectivity index (χ1v) is 18.2. The molecule has 1 aliphatic rings. The van der Waals surface area contributed by atoms with Crippen molar-refractivity contribution in [2.24, 2.45) is 5.92 Å². The minimum atomic E-state index is 0.488. The topological polar surface area (TPSA) is 32.8 Å². The fourth-order valence-corrected chi connectivity index (χ4v) is 8.14. The zero-order chi connectivity index (χ0) is 34.6. The maximum absolute atomic E-state index is 3.71. The molecule has 2 heterocycles. The van der Waals surface area contributed by atoms with Gasteiger partial charge in [0.15, 0.2) is 0 Å². The molecule has 9 aromatic rings. The number of allylic oxidation sites excluding steroid dienone is 4. The summed E-state index contributed by atoms with van der Waals surface area (Å²) in [6, 6.07) is 57.3. The molecule has 7 aromatic carbocycles. The van der Waals surface area contributed by atoms with Crippen LogP contribution in [-0.4, -0.2) is 9.55 Å². The van der Waals surface area contributed by atoms with E-state index in [1.807, 2.05) is 6.07 Å². The van der Waals surface area contributed by atoms with Crippen LogP contribution in [0.2, 0.25) is 0 Å². The minimum Gasteiger partial charge on any atom is -0.355 e. The third-order valence-corrected chi connectivity index (χ3v) is 10.8. The molecule has 0 bridgehead atoms. The number of nitrogens with one attached hydrogen (secondary N) is 2. The van der Waals surface area contributed by atoms with Crippen LogP contribution < -0.4 is 5.32 Å². The van der Waals surface area contributed by atoms with Gasteiger partial charge in [-0.05, 0) is 107 Å². The molecule has 0 saturated carbocycles. The van der Waals surface area contributed by atoms with Gasteiger partial charge < -0.3 is 14.9 Å². The van der Waals surface area contributed by atoms with Crippen LogP contribution in [0.1, 0.15) is 18.9 Å². The Morgan fingerprint density at radius 3 is 2.17 bits per heavy atom. The third-order valence-electron chi connectivity index (χ3n) is 10.8.